The minimum atomic E-state index is -0.209. The summed E-state index contributed by atoms with van der Waals surface area (Å²) in [6, 6.07) is 17.3. The number of hydrogen-bond acceptors (Lipinski definition) is 5. The highest BCUT2D eigenvalue weighted by molar-refractivity contribution is 5.92. The molecule has 1 aromatic carbocycles. The summed E-state index contributed by atoms with van der Waals surface area (Å²) >= 11 is 0. The van der Waals surface area contributed by atoms with Gasteiger partial charge in [0.15, 0.2) is 0 Å². The minimum absolute atomic E-state index is 0.209. The molecule has 0 bridgehead atoms. The smallest absolute Gasteiger partial charge is 0.270 e. The van der Waals surface area contributed by atoms with Gasteiger partial charge in [0.2, 0.25) is 5.95 Å². The maximum atomic E-state index is 12.2. The summed E-state index contributed by atoms with van der Waals surface area (Å²) in [6.07, 6.45) is 4.08. The van der Waals surface area contributed by atoms with Gasteiger partial charge in [0, 0.05) is 18.9 Å². The molecule has 0 aliphatic carbocycles. The summed E-state index contributed by atoms with van der Waals surface area (Å²) in [5.41, 5.74) is 2.40. The normalized spacial score (nSPS) is 10.2. The van der Waals surface area contributed by atoms with Gasteiger partial charge in [-0.1, -0.05) is 36.4 Å². The SMILES string of the molecule is O=C(NCCc1ccccc1)c1ccnc(NCc2ccccn2)n1. The van der Waals surface area contributed by atoms with Crippen LogP contribution in [0.25, 0.3) is 0 Å². The molecule has 0 saturated carbocycles. The molecule has 3 aromatic rings. The summed E-state index contributed by atoms with van der Waals surface area (Å²) in [7, 11) is 0. The van der Waals surface area contributed by atoms with Crippen LogP contribution in [0.15, 0.2) is 67.0 Å². The highest BCUT2D eigenvalue weighted by atomic mass is 16.1. The van der Waals surface area contributed by atoms with Gasteiger partial charge in [0.25, 0.3) is 5.91 Å². The van der Waals surface area contributed by atoms with Crippen LogP contribution in [0.1, 0.15) is 21.7 Å². The average Bonchev–Trinajstić information content (AvgIpc) is 2.68. The molecule has 0 spiro atoms. The predicted octanol–water partition coefficient (Wildman–Crippen LogP) is 2.46. The first-order valence-corrected chi connectivity index (χ1v) is 8.10. The lowest BCUT2D eigenvalue weighted by molar-refractivity contribution is 0.0949. The zero-order chi connectivity index (χ0) is 17.3. The molecular weight excluding hydrogens is 314 g/mol. The Kier molecular flexibility index (Phi) is 5.66. The summed E-state index contributed by atoms with van der Waals surface area (Å²) in [6.45, 7) is 1.06. The van der Waals surface area contributed by atoms with E-state index in [1.807, 2.05) is 48.5 Å². The quantitative estimate of drug-likeness (QED) is 0.694. The van der Waals surface area contributed by atoms with Crippen molar-refractivity contribution in [1.82, 2.24) is 20.3 Å². The van der Waals surface area contributed by atoms with Crippen molar-refractivity contribution in [2.45, 2.75) is 13.0 Å². The van der Waals surface area contributed by atoms with Crippen LogP contribution >= 0.6 is 0 Å². The molecule has 6 nitrogen and oxygen atoms in total. The molecule has 3 rings (SSSR count). The highest BCUT2D eigenvalue weighted by Gasteiger charge is 2.08. The van der Waals surface area contributed by atoms with Crippen LogP contribution in [0.2, 0.25) is 0 Å². The van der Waals surface area contributed by atoms with Crippen molar-refractivity contribution in [3.05, 3.63) is 83.9 Å². The van der Waals surface area contributed by atoms with Gasteiger partial charge in [-0.05, 0) is 30.2 Å². The van der Waals surface area contributed by atoms with Gasteiger partial charge in [0.05, 0.1) is 12.2 Å². The Morgan fingerprint density at radius 2 is 1.76 bits per heavy atom. The first kappa shape index (κ1) is 16.6. The molecule has 2 N–H and O–H groups in total. The number of anilines is 1. The van der Waals surface area contributed by atoms with Crippen molar-refractivity contribution in [3.63, 3.8) is 0 Å². The maximum absolute atomic E-state index is 12.2. The second kappa shape index (κ2) is 8.54. The van der Waals surface area contributed by atoms with Gasteiger partial charge in [-0.25, -0.2) is 9.97 Å². The maximum Gasteiger partial charge on any atom is 0.270 e. The fourth-order valence-electron chi connectivity index (χ4n) is 2.30. The number of nitrogens with one attached hydrogen (secondary N) is 2. The fraction of sp³-hybridized carbons (Fsp3) is 0.158. The zero-order valence-corrected chi connectivity index (χ0v) is 13.7. The van der Waals surface area contributed by atoms with Crippen LogP contribution in [-0.2, 0) is 13.0 Å². The van der Waals surface area contributed by atoms with E-state index in [1.165, 1.54) is 5.56 Å². The molecule has 0 radical (unpaired) electrons. The van der Waals surface area contributed by atoms with Crippen molar-refractivity contribution in [2.24, 2.45) is 0 Å². The molecule has 0 unspecified atom stereocenters. The van der Waals surface area contributed by atoms with Crippen molar-refractivity contribution in [2.75, 3.05) is 11.9 Å². The molecule has 2 aromatic heterocycles. The third-order valence-corrected chi connectivity index (χ3v) is 3.58. The number of aromatic nitrogens is 3. The van der Waals surface area contributed by atoms with E-state index < -0.39 is 0 Å². The molecule has 25 heavy (non-hydrogen) atoms. The topological polar surface area (TPSA) is 79.8 Å². The second-order valence-electron chi connectivity index (χ2n) is 5.43. The van der Waals surface area contributed by atoms with Crippen LogP contribution in [0, 0.1) is 0 Å². The molecule has 0 fully saturated rings. The standard InChI is InChI=1S/C19H19N5O/c25-18(21-12-9-15-6-2-1-3-7-15)17-10-13-22-19(24-17)23-14-16-8-4-5-11-20-16/h1-8,10-11,13H,9,12,14H2,(H,21,25)(H,22,23,24). The van der Waals surface area contributed by atoms with E-state index >= 15 is 0 Å². The van der Waals surface area contributed by atoms with Crippen LogP contribution < -0.4 is 10.6 Å². The first-order chi connectivity index (χ1) is 12.3. The summed E-state index contributed by atoms with van der Waals surface area (Å²) in [5, 5.41) is 5.95. The van der Waals surface area contributed by atoms with Crippen molar-refractivity contribution < 1.29 is 4.79 Å². The molecule has 2 heterocycles. The molecule has 0 saturated heterocycles. The van der Waals surface area contributed by atoms with E-state index in [2.05, 4.69) is 25.6 Å². The van der Waals surface area contributed by atoms with E-state index in [9.17, 15) is 4.79 Å². The van der Waals surface area contributed by atoms with E-state index in [0.717, 1.165) is 12.1 Å². The Labute approximate surface area is 146 Å². The van der Waals surface area contributed by atoms with Crippen molar-refractivity contribution >= 4 is 11.9 Å². The van der Waals surface area contributed by atoms with Gasteiger partial charge in [0.1, 0.15) is 5.69 Å². The second-order valence-corrected chi connectivity index (χ2v) is 5.43. The summed E-state index contributed by atoms with van der Waals surface area (Å²) < 4.78 is 0. The average molecular weight is 333 g/mol. The fourth-order valence-corrected chi connectivity index (χ4v) is 2.30. The number of pyridine rings is 1. The Morgan fingerprint density at radius 1 is 0.920 bits per heavy atom. The van der Waals surface area contributed by atoms with Crippen LogP contribution in [0.3, 0.4) is 0 Å². The van der Waals surface area contributed by atoms with Crippen LogP contribution in [-0.4, -0.2) is 27.4 Å². The number of rotatable bonds is 7. The molecule has 6 heteroatoms. The lowest BCUT2D eigenvalue weighted by Crippen LogP contribution is -2.26. The van der Waals surface area contributed by atoms with Gasteiger partial charge >= 0.3 is 0 Å². The summed E-state index contributed by atoms with van der Waals surface area (Å²) in [5.74, 6) is 0.195. The lowest BCUT2D eigenvalue weighted by Gasteiger charge is -2.07. The lowest BCUT2D eigenvalue weighted by atomic mass is 10.1. The Hall–Kier alpha value is -3.28. The van der Waals surface area contributed by atoms with Gasteiger partial charge in [-0.15, -0.1) is 0 Å². The molecular formula is C19H19N5O. The number of carbonyl (C=O) groups excluding carboxylic acids is 1. The van der Waals surface area contributed by atoms with Gasteiger partial charge in [-0.2, -0.15) is 0 Å². The first-order valence-electron chi connectivity index (χ1n) is 8.10. The van der Waals surface area contributed by atoms with Gasteiger partial charge in [-0.3, -0.25) is 9.78 Å². The van der Waals surface area contributed by atoms with E-state index in [-0.39, 0.29) is 5.91 Å². The Balaban J connectivity index is 1.52. The highest BCUT2D eigenvalue weighted by Crippen LogP contribution is 2.04. The Morgan fingerprint density at radius 3 is 2.56 bits per heavy atom. The van der Waals surface area contributed by atoms with E-state index in [4.69, 9.17) is 0 Å². The third-order valence-electron chi connectivity index (χ3n) is 3.58. The molecule has 126 valence electrons. The predicted molar refractivity (Wildman–Crippen MR) is 96.1 cm³/mol. The van der Waals surface area contributed by atoms with Crippen LogP contribution in [0.5, 0.6) is 0 Å². The zero-order valence-electron chi connectivity index (χ0n) is 13.7. The largest absolute Gasteiger partial charge is 0.350 e. The van der Waals surface area contributed by atoms with E-state index in [1.54, 1.807) is 18.5 Å². The van der Waals surface area contributed by atoms with Crippen LogP contribution in [0.4, 0.5) is 5.95 Å². The molecule has 1 amide bonds. The Bertz CT molecular complexity index is 808. The monoisotopic (exact) mass is 333 g/mol. The third kappa shape index (κ3) is 5.10. The number of amides is 1. The number of carbonyl (C=O) groups is 1. The molecule has 0 aliphatic heterocycles. The summed E-state index contributed by atoms with van der Waals surface area (Å²) in [4.78, 5) is 24.8. The minimum Gasteiger partial charge on any atom is -0.350 e. The molecule has 0 atom stereocenters. The van der Waals surface area contributed by atoms with E-state index in [0.29, 0.717) is 24.7 Å². The number of benzene rings is 1. The number of hydrogen-bond donors (Lipinski definition) is 2. The number of nitrogens with zero attached hydrogens (tertiary/aromatic N) is 3. The van der Waals surface area contributed by atoms with Crippen molar-refractivity contribution in [3.8, 4) is 0 Å². The molecule has 0 aliphatic rings. The van der Waals surface area contributed by atoms with Crippen molar-refractivity contribution in [1.29, 1.82) is 0 Å². The van der Waals surface area contributed by atoms with Gasteiger partial charge < -0.3 is 10.6 Å².